The van der Waals surface area contributed by atoms with Crippen LogP contribution in [0.15, 0.2) is 41.3 Å². The summed E-state index contributed by atoms with van der Waals surface area (Å²) in [5.41, 5.74) is 1.94. The Labute approximate surface area is 198 Å². The first-order valence-electron chi connectivity index (χ1n) is 10.8. The molecule has 1 saturated heterocycles. The molecule has 1 aliphatic heterocycles. The van der Waals surface area contributed by atoms with E-state index in [2.05, 4.69) is 0 Å². The number of ether oxygens (including phenoxy) is 1. The molecule has 0 saturated carbocycles. The largest absolute Gasteiger partial charge is 0.477 e. The van der Waals surface area contributed by atoms with Gasteiger partial charge in [-0.05, 0) is 62.1 Å². The van der Waals surface area contributed by atoms with Crippen LogP contribution in [0.25, 0.3) is 0 Å². The first-order valence-corrected chi connectivity index (χ1v) is 12.2. The van der Waals surface area contributed by atoms with Gasteiger partial charge in [-0.15, -0.1) is 0 Å². The zero-order chi connectivity index (χ0) is 24.9. The molecule has 0 N–H and O–H groups in total. The minimum absolute atomic E-state index is 0.0991. The van der Waals surface area contributed by atoms with Gasteiger partial charge in [0.15, 0.2) is 12.4 Å². The maximum Gasteiger partial charge on any atom is 0.312 e. The summed E-state index contributed by atoms with van der Waals surface area (Å²) < 4.78 is 32.3. The minimum atomic E-state index is -3.84. The number of sulfonamides is 1. The number of nitro groups is 1. The third-order valence-electron chi connectivity index (χ3n) is 5.45. The highest BCUT2D eigenvalue weighted by Crippen LogP contribution is 2.32. The fourth-order valence-electron chi connectivity index (χ4n) is 3.88. The Morgan fingerprint density at radius 3 is 2.41 bits per heavy atom. The number of amides is 1. The molecular formula is C23H26N4O6S. The van der Waals surface area contributed by atoms with Crippen molar-refractivity contribution in [3.8, 4) is 11.8 Å². The Morgan fingerprint density at radius 2 is 1.82 bits per heavy atom. The van der Waals surface area contributed by atoms with Crippen molar-refractivity contribution in [1.82, 2.24) is 4.31 Å². The number of carbonyl (C=O) groups excluding carboxylic acids is 1. The van der Waals surface area contributed by atoms with Gasteiger partial charge in [0, 0.05) is 31.4 Å². The smallest absolute Gasteiger partial charge is 0.312 e. The van der Waals surface area contributed by atoms with Crippen LogP contribution in [0.4, 0.5) is 11.4 Å². The number of nitriles is 1. The van der Waals surface area contributed by atoms with Crippen LogP contribution in [0.5, 0.6) is 5.75 Å². The minimum Gasteiger partial charge on any atom is -0.477 e. The van der Waals surface area contributed by atoms with Crippen LogP contribution in [0.2, 0.25) is 0 Å². The predicted octanol–water partition coefficient (Wildman–Crippen LogP) is 3.32. The van der Waals surface area contributed by atoms with Crippen LogP contribution in [0, 0.1) is 35.3 Å². The summed E-state index contributed by atoms with van der Waals surface area (Å²) in [6.07, 6.45) is 1.59. The Hall–Kier alpha value is -3.49. The summed E-state index contributed by atoms with van der Waals surface area (Å²) in [5.74, 6) is -0.692. The second-order valence-corrected chi connectivity index (χ2v) is 10.0. The number of nitro benzene ring substituents is 1. The van der Waals surface area contributed by atoms with Crippen molar-refractivity contribution >= 4 is 27.3 Å². The molecule has 2 aromatic rings. The topological polar surface area (TPSA) is 134 Å². The summed E-state index contributed by atoms with van der Waals surface area (Å²) in [6, 6.07) is 11.0. The summed E-state index contributed by atoms with van der Waals surface area (Å²) in [6.45, 7) is 4.15. The number of anilines is 1. The number of benzene rings is 2. The molecule has 0 aromatic heterocycles. The maximum absolute atomic E-state index is 12.9. The first kappa shape index (κ1) is 25.1. The molecule has 34 heavy (non-hydrogen) atoms. The lowest BCUT2D eigenvalue weighted by atomic mass is 10.1. The molecule has 1 amide bonds. The fourth-order valence-corrected chi connectivity index (χ4v) is 5.42. The van der Waals surface area contributed by atoms with Gasteiger partial charge < -0.3 is 9.64 Å². The van der Waals surface area contributed by atoms with E-state index in [1.807, 2.05) is 38.1 Å². The maximum atomic E-state index is 12.9. The van der Waals surface area contributed by atoms with E-state index in [1.54, 1.807) is 0 Å². The van der Waals surface area contributed by atoms with Gasteiger partial charge in [0.05, 0.1) is 22.3 Å². The predicted molar refractivity (Wildman–Crippen MR) is 125 cm³/mol. The van der Waals surface area contributed by atoms with Crippen LogP contribution < -0.4 is 9.64 Å². The highest BCUT2D eigenvalue weighted by Gasteiger charge is 2.30. The van der Waals surface area contributed by atoms with Crippen LogP contribution >= 0.6 is 0 Å². The monoisotopic (exact) mass is 486 g/mol. The molecular weight excluding hydrogens is 460 g/mol. The lowest BCUT2D eigenvalue weighted by molar-refractivity contribution is -0.386. The molecule has 0 unspecified atom stereocenters. The number of nitrogens with zero attached hydrogens (tertiary/aromatic N) is 4. The van der Waals surface area contributed by atoms with E-state index in [4.69, 9.17) is 10.00 Å². The van der Waals surface area contributed by atoms with Crippen molar-refractivity contribution in [2.75, 3.05) is 31.1 Å². The lowest BCUT2D eigenvalue weighted by Gasteiger charge is -2.23. The van der Waals surface area contributed by atoms with Crippen molar-refractivity contribution < 1.29 is 22.9 Å². The highest BCUT2D eigenvalue weighted by atomic mass is 32.2. The van der Waals surface area contributed by atoms with Gasteiger partial charge in [-0.25, -0.2) is 8.42 Å². The zero-order valence-electron chi connectivity index (χ0n) is 19.1. The molecule has 3 rings (SSSR count). The molecule has 0 bridgehead atoms. The third kappa shape index (κ3) is 5.70. The van der Waals surface area contributed by atoms with Gasteiger partial charge >= 0.3 is 5.69 Å². The molecule has 0 aliphatic carbocycles. The molecule has 10 nitrogen and oxygen atoms in total. The normalized spacial score (nSPS) is 13.9. The number of aryl methyl sites for hydroxylation is 2. The molecule has 0 radical (unpaired) electrons. The first-order chi connectivity index (χ1) is 16.1. The summed E-state index contributed by atoms with van der Waals surface area (Å²) in [4.78, 5) is 25.0. The van der Waals surface area contributed by atoms with Crippen molar-refractivity contribution in [1.29, 1.82) is 5.26 Å². The molecule has 0 atom stereocenters. The molecule has 11 heteroatoms. The average molecular weight is 487 g/mol. The van der Waals surface area contributed by atoms with E-state index in [1.165, 1.54) is 21.3 Å². The van der Waals surface area contributed by atoms with Gasteiger partial charge in [0.25, 0.3) is 5.91 Å². The van der Waals surface area contributed by atoms with E-state index in [0.29, 0.717) is 18.8 Å². The number of hydrogen-bond donors (Lipinski definition) is 0. The van der Waals surface area contributed by atoms with E-state index < -0.39 is 33.1 Å². The average Bonchev–Trinajstić information content (AvgIpc) is 3.33. The van der Waals surface area contributed by atoms with E-state index in [-0.39, 0.29) is 23.6 Å². The second-order valence-electron chi connectivity index (χ2n) is 8.09. The quantitative estimate of drug-likeness (QED) is 0.392. The van der Waals surface area contributed by atoms with E-state index in [9.17, 15) is 23.3 Å². The van der Waals surface area contributed by atoms with Gasteiger partial charge in [-0.3, -0.25) is 14.9 Å². The van der Waals surface area contributed by atoms with Crippen molar-refractivity contribution in [2.45, 2.75) is 38.0 Å². The second kappa shape index (κ2) is 10.6. The van der Waals surface area contributed by atoms with Gasteiger partial charge in [0.1, 0.15) is 0 Å². The SMILES string of the molecule is Cc1cc(C)cc(N(CCC#N)C(=O)COc2ccc(S(=O)(=O)N3CCCC3)cc2[N+](=O)[O-])c1. The fraction of sp³-hybridized carbons (Fsp3) is 0.391. The van der Waals surface area contributed by atoms with Crippen LogP contribution in [0.3, 0.4) is 0 Å². The van der Waals surface area contributed by atoms with Crippen molar-refractivity contribution in [2.24, 2.45) is 0 Å². The van der Waals surface area contributed by atoms with Gasteiger partial charge in [-0.2, -0.15) is 9.57 Å². The summed E-state index contributed by atoms with van der Waals surface area (Å²) >= 11 is 0. The zero-order valence-corrected chi connectivity index (χ0v) is 19.9. The molecule has 0 spiro atoms. The lowest BCUT2D eigenvalue weighted by Crippen LogP contribution is -2.36. The Kier molecular flexibility index (Phi) is 7.86. The molecule has 2 aromatic carbocycles. The van der Waals surface area contributed by atoms with E-state index >= 15 is 0 Å². The van der Waals surface area contributed by atoms with Crippen molar-refractivity contribution in [3.05, 3.63) is 57.6 Å². The van der Waals surface area contributed by atoms with Crippen molar-refractivity contribution in [3.63, 3.8) is 0 Å². The molecule has 1 fully saturated rings. The van der Waals surface area contributed by atoms with Crippen LogP contribution in [-0.2, 0) is 14.8 Å². The number of hydrogen-bond acceptors (Lipinski definition) is 7. The summed E-state index contributed by atoms with van der Waals surface area (Å²) in [7, 11) is -3.84. The Balaban J connectivity index is 1.83. The molecule has 1 heterocycles. The molecule has 1 aliphatic rings. The molecule has 180 valence electrons. The Morgan fingerprint density at radius 1 is 1.18 bits per heavy atom. The Bertz CT molecular complexity index is 1210. The number of carbonyl (C=O) groups is 1. The summed E-state index contributed by atoms with van der Waals surface area (Å²) in [5, 5.41) is 20.6. The highest BCUT2D eigenvalue weighted by molar-refractivity contribution is 7.89. The van der Waals surface area contributed by atoms with Gasteiger partial charge in [0.2, 0.25) is 10.0 Å². The third-order valence-corrected chi connectivity index (χ3v) is 7.34. The van der Waals surface area contributed by atoms with Crippen LogP contribution in [0.1, 0.15) is 30.4 Å². The number of rotatable bonds is 9. The standard InChI is InChI=1S/C23H26N4O6S/c1-17-12-18(2)14-19(13-17)26(11-5-8-24)23(28)16-33-22-7-6-20(15-21(22)27(29)30)34(31,32)25-9-3-4-10-25/h6-7,12-15H,3-5,9-11,16H2,1-2H3. The van der Waals surface area contributed by atoms with Crippen LogP contribution in [-0.4, -0.2) is 49.8 Å². The van der Waals surface area contributed by atoms with Gasteiger partial charge in [-0.1, -0.05) is 6.07 Å². The van der Waals surface area contributed by atoms with E-state index in [0.717, 1.165) is 30.0 Å².